The molecule has 1 aromatic heterocycles. The number of aromatic nitrogens is 3. The molecule has 2 atom stereocenters. The molecule has 0 saturated heterocycles. The predicted octanol–water partition coefficient (Wildman–Crippen LogP) is 4.95. The normalized spacial score (nSPS) is 19.9. The molecule has 0 aliphatic carbocycles. The van der Waals surface area contributed by atoms with Crippen LogP contribution in [-0.2, 0) is 0 Å². The van der Waals surface area contributed by atoms with Crippen LogP contribution in [0.3, 0.4) is 0 Å². The number of benzene rings is 2. The molecule has 2 aromatic carbocycles. The summed E-state index contributed by atoms with van der Waals surface area (Å²) in [5.41, 5.74) is 2.49. The minimum absolute atomic E-state index is 0.176. The summed E-state index contributed by atoms with van der Waals surface area (Å²) < 4.78 is 4.14. The summed E-state index contributed by atoms with van der Waals surface area (Å²) >= 11 is 6.99. The lowest BCUT2D eigenvalue weighted by Gasteiger charge is -2.31. The number of anilines is 1. The van der Waals surface area contributed by atoms with Gasteiger partial charge in [-0.15, -0.1) is 0 Å². The molecule has 1 aliphatic rings. The second-order valence-electron chi connectivity index (χ2n) is 5.58. The quantitative estimate of drug-likeness (QED) is 0.621. The molecule has 116 valence electrons. The highest BCUT2D eigenvalue weighted by Gasteiger charge is 2.29. The van der Waals surface area contributed by atoms with Crippen LogP contribution in [-0.4, -0.2) is 14.8 Å². The zero-order valence-electron chi connectivity index (χ0n) is 12.2. The van der Waals surface area contributed by atoms with Crippen molar-refractivity contribution < 1.29 is 0 Å². The molecule has 0 spiro atoms. The molecule has 1 N–H and O–H groups in total. The van der Waals surface area contributed by atoms with E-state index in [1.807, 2.05) is 4.68 Å². The zero-order chi connectivity index (χ0) is 15.8. The second kappa shape index (κ2) is 6.09. The summed E-state index contributed by atoms with van der Waals surface area (Å²) in [7, 11) is 0. The van der Waals surface area contributed by atoms with Crippen molar-refractivity contribution in [1.82, 2.24) is 14.8 Å². The van der Waals surface area contributed by atoms with E-state index in [4.69, 9.17) is 0 Å². The summed E-state index contributed by atoms with van der Waals surface area (Å²) in [6.07, 6.45) is 2.54. The van der Waals surface area contributed by atoms with E-state index >= 15 is 0 Å². The van der Waals surface area contributed by atoms with Crippen molar-refractivity contribution in [2.24, 2.45) is 0 Å². The number of rotatable bonds is 2. The number of hydrogen-bond donors (Lipinski definition) is 1. The minimum Gasteiger partial charge on any atom is -0.348 e. The summed E-state index contributed by atoms with van der Waals surface area (Å²) in [6.45, 7) is 0. The van der Waals surface area contributed by atoms with E-state index < -0.39 is 0 Å². The molecular weight excluding hydrogens is 420 g/mol. The molecule has 2 heterocycles. The average Bonchev–Trinajstić information content (AvgIpc) is 3.04. The van der Waals surface area contributed by atoms with Crippen LogP contribution in [0.25, 0.3) is 0 Å². The van der Waals surface area contributed by atoms with Gasteiger partial charge in [-0.1, -0.05) is 56.1 Å². The zero-order valence-corrected chi connectivity index (χ0v) is 15.3. The summed E-state index contributed by atoms with van der Waals surface area (Å²) in [5.74, 6) is 0.817. The van der Waals surface area contributed by atoms with Crippen molar-refractivity contribution in [3.63, 3.8) is 0 Å². The first-order valence-corrected chi connectivity index (χ1v) is 8.96. The van der Waals surface area contributed by atoms with Gasteiger partial charge in [-0.3, -0.25) is 0 Å². The molecular formula is C17H14Br2N4. The monoisotopic (exact) mass is 432 g/mol. The molecule has 0 bridgehead atoms. The van der Waals surface area contributed by atoms with Gasteiger partial charge in [0.05, 0.1) is 12.1 Å². The summed E-state index contributed by atoms with van der Waals surface area (Å²) in [5, 5.41) is 7.89. The van der Waals surface area contributed by atoms with Gasteiger partial charge in [0.25, 0.3) is 0 Å². The third-order valence-corrected chi connectivity index (χ3v) is 5.22. The van der Waals surface area contributed by atoms with Crippen molar-refractivity contribution in [3.05, 3.63) is 74.9 Å². The van der Waals surface area contributed by atoms with Gasteiger partial charge in [0.1, 0.15) is 6.33 Å². The third-order valence-electron chi connectivity index (χ3n) is 4.16. The van der Waals surface area contributed by atoms with Gasteiger partial charge in [0.2, 0.25) is 5.95 Å². The number of nitrogens with one attached hydrogen (secondary N) is 1. The van der Waals surface area contributed by atoms with E-state index in [1.165, 1.54) is 11.1 Å². The maximum atomic E-state index is 4.40. The van der Waals surface area contributed by atoms with Crippen molar-refractivity contribution in [2.75, 3.05) is 5.32 Å². The van der Waals surface area contributed by atoms with Gasteiger partial charge in [0.15, 0.2) is 0 Å². The molecule has 0 fully saturated rings. The van der Waals surface area contributed by atoms with Crippen LogP contribution < -0.4 is 5.32 Å². The maximum absolute atomic E-state index is 4.40. The second-order valence-corrected chi connectivity index (χ2v) is 7.41. The van der Waals surface area contributed by atoms with Crippen LogP contribution in [0.5, 0.6) is 0 Å². The topological polar surface area (TPSA) is 42.7 Å². The van der Waals surface area contributed by atoms with Crippen molar-refractivity contribution >= 4 is 37.8 Å². The van der Waals surface area contributed by atoms with Crippen LogP contribution in [0.2, 0.25) is 0 Å². The summed E-state index contributed by atoms with van der Waals surface area (Å²) in [4.78, 5) is 4.37. The molecule has 0 unspecified atom stereocenters. The van der Waals surface area contributed by atoms with Crippen molar-refractivity contribution in [2.45, 2.75) is 18.5 Å². The Balaban J connectivity index is 1.71. The van der Waals surface area contributed by atoms with Gasteiger partial charge in [-0.2, -0.15) is 10.1 Å². The lowest BCUT2D eigenvalue weighted by molar-refractivity contribution is 0.431. The Morgan fingerprint density at radius 3 is 2.17 bits per heavy atom. The Bertz CT molecular complexity index is 811. The Kier molecular flexibility index (Phi) is 3.95. The van der Waals surface area contributed by atoms with E-state index in [1.54, 1.807) is 6.33 Å². The molecule has 3 aromatic rings. The average molecular weight is 434 g/mol. The van der Waals surface area contributed by atoms with E-state index in [2.05, 4.69) is 95.8 Å². The molecule has 0 radical (unpaired) electrons. The molecule has 23 heavy (non-hydrogen) atoms. The summed E-state index contributed by atoms with van der Waals surface area (Å²) in [6, 6.07) is 17.3. The molecule has 1 aliphatic heterocycles. The maximum Gasteiger partial charge on any atom is 0.222 e. The number of fused-ring (bicyclic) bond motifs is 1. The van der Waals surface area contributed by atoms with E-state index in [9.17, 15) is 0 Å². The first-order valence-electron chi connectivity index (χ1n) is 7.38. The van der Waals surface area contributed by atoms with Gasteiger partial charge in [0, 0.05) is 8.95 Å². The molecule has 6 heteroatoms. The highest BCUT2D eigenvalue weighted by Crippen LogP contribution is 2.37. The highest BCUT2D eigenvalue weighted by molar-refractivity contribution is 9.10. The first kappa shape index (κ1) is 14.9. The van der Waals surface area contributed by atoms with E-state index in [-0.39, 0.29) is 12.1 Å². The van der Waals surface area contributed by atoms with Crippen LogP contribution in [0.4, 0.5) is 5.95 Å². The van der Waals surface area contributed by atoms with Crippen LogP contribution in [0.15, 0.2) is 63.8 Å². The number of halogens is 2. The fraction of sp³-hybridized carbons (Fsp3) is 0.176. The predicted molar refractivity (Wildman–Crippen MR) is 97.4 cm³/mol. The highest BCUT2D eigenvalue weighted by atomic mass is 79.9. The van der Waals surface area contributed by atoms with Crippen molar-refractivity contribution in [1.29, 1.82) is 0 Å². The Morgan fingerprint density at radius 2 is 1.52 bits per heavy atom. The number of nitrogens with zero attached hydrogens (tertiary/aromatic N) is 3. The van der Waals surface area contributed by atoms with Crippen LogP contribution in [0.1, 0.15) is 29.6 Å². The molecule has 4 nitrogen and oxygen atoms in total. The SMILES string of the molecule is Brc1ccc([C@@H]2C[C@@H](c3ccc(Br)cc3)n3ncnc3N2)cc1. The molecule has 0 saturated carbocycles. The van der Waals surface area contributed by atoms with Gasteiger partial charge in [-0.05, 0) is 41.8 Å². The lowest BCUT2D eigenvalue weighted by atomic mass is 9.93. The van der Waals surface area contributed by atoms with Gasteiger partial charge >= 0.3 is 0 Å². The molecule has 4 rings (SSSR count). The Morgan fingerprint density at radius 1 is 0.913 bits per heavy atom. The number of hydrogen-bond acceptors (Lipinski definition) is 3. The van der Waals surface area contributed by atoms with E-state index in [0.29, 0.717) is 0 Å². The molecule has 0 amide bonds. The van der Waals surface area contributed by atoms with Crippen LogP contribution >= 0.6 is 31.9 Å². The minimum atomic E-state index is 0.176. The van der Waals surface area contributed by atoms with Crippen LogP contribution in [0, 0.1) is 0 Å². The van der Waals surface area contributed by atoms with Gasteiger partial charge < -0.3 is 5.32 Å². The standard InChI is InChI=1S/C17H14Br2N4/c18-13-5-1-11(2-6-13)15-9-16(12-3-7-14(19)8-4-12)23-17(22-15)20-10-21-23/h1-8,10,15-16H,9H2,(H,20,21,22)/t15-,16-/m0/s1. The smallest absolute Gasteiger partial charge is 0.222 e. The third kappa shape index (κ3) is 2.93. The fourth-order valence-corrected chi connectivity index (χ4v) is 3.52. The largest absolute Gasteiger partial charge is 0.348 e. The Hall–Kier alpha value is -1.66. The fourth-order valence-electron chi connectivity index (χ4n) is 3.00. The van der Waals surface area contributed by atoms with Gasteiger partial charge in [-0.25, -0.2) is 4.68 Å². The Labute approximate surface area is 151 Å². The lowest BCUT2D eigenvalue weighted by Crippen LogP contribution is -2.28. The van der Waals surface area contributed by atoms with Crippen molar-refractivity contribution in [3.8, 4) is 0 Å². The first-order chi connectivity index (χ1) is 11.2. The van der Waals surface area contributed by atoms with E-state index in [0.717, 1.165) is 21.3 Å².